The van der Waals surface area contributed by atoms with Crippen molar-refractivity contribution in [1.82, 2.24) is 14.6 Å². The first kappa shape index (κ1) is 20.7. The van der Waals surface area contributed by atoms with Gasteiger partial charge in [-0.25, -0.2) is 22.6 Å². The lowest BCUT2D eigenvalue weighted by Crippen LogP contribution is -2.48. The highest BCUT2D eigenvalue weighted by molar-refractivity contribution is 7.91. The van der Waals surface area contributed by atoms with Crippen LogP contribution in [-0.4, -0.2) is 50.4 Å². The normalized spacial score (nSPS) is 18.2. The predicted octanol–water partition coefficient (Wildman–Crippen LogP) is 1.83. The lowest BCUT2D eigenvalue weighted by molar-refractivity contribution is 0.0590. The average molecular weight is 422 g/mol. The molecule has 0 saturated carbocycles. The molecule has 1 aromatic carbocycles. The summed E-state index contributed by atoms with van der Waals surface area (Å²) in [7, 11) is -2.82. The maximum absolute atomic E-state index is 13.6. The van der Waals surface area contributed by atoms with Crippen LogP contribution in [0.5, 0.6) is 0 Å². The van der Waals surface area contributed by atoms with Crippen molar-refractivity contribution in [3.63, 3.8) is 0 Å². The molecular formula is C15H17ClFN3O4S2. The highest BCUT2D eigenvalue weighted by Crippen LogP contribution is 2.32. The lowest BCUT2D eigenvalue weighted by Gasteiger charge is -2.35. The zero-order valence-corrected chi connectivity index (χ0v) is 16.2. The third kappa shape index (κ3) is 3.89. The summed E-state index contributed by atoms with van der Waals surface area (Å²) in [4.78, 5) is 15.6. The summed E-state index contributed by atoms with van der Waals surface area (Å²) in [5, 5.41) is 3.12. The number of carbonyl (C=O) groups is 1. The van der Waals surface area contributed by atoms with Gasteiger partial charge in [-0.1, -0.05) is 12.1 Å². The average Bonchev–Trinajstić information content (AvgIpc) is 3.12. The third-order valence-electron chi connectivity index (χ3n) is 3.88. The molecule has 11 heteroatoms. The number of esters is 1. The van der Waals surface area contributed by atoms with Crippen molar-refractivity contribution in [2.45, 2.75) is 10.3 Å². The van der Waals surface area contributed by atoms with E-state index in [9.17, 15) is 17.6 Å². The van der Waals surface area contributed by atoms with E-state index in [-0.39, 0.29) is 28.9 Å². The van der Waals surface area contributed by atoms with Gasteiger partial charge in [-0.3, -0.25) is 0 Å². The molecule has 1 saturated heterocycles. The Morgan fingerprint density at radius 3 is 2.92 bits per heavy atom. The number of benzene rings is 1. The smallest absolute Gasteiger partial charge is 0.358 e. The summed E-state index contributed by atoms with van der Waals surface area (Å²) in [6, 6.07) is 5.25. The number of sulfonamides is 1. The zero-order valence-electron chi connectivity index (χ0n) is 13.7. The molecular weight excluding hydrogens is 405 g/mol. The molecule has 26 heavy (non-hydrogen) atoms. The minimum atomic E-state index is -3.99. The zero-order chi connectivity index (χ0) is 18.0. The molecule has 2 aromatic rings. The van der Waals surface area contributed by atoms with Crippen LogP contribution in [0.25, 0.3) is 0 Å². The van der Waals surface area contributed by atoms with Gasteiger partial charge in [-0.05, 0) is 17.7 Å². The SMILES string of the molecule is COC(=O)c1ncsc1S(=O)(=O)N1CCNCC1c1cccc(F)c1.Cl. The first-order valence-corrected chi connectivity index (χ1v) is 9.77. The van der Waals surface area contributed by atoms with Crippen LogP contribution in [0.2, 0.25) is 0 Å². The molecule has 0 bridgehead atoms. The van der Waals surface area contributed by atoms with Gasteiger partial charge >= 0.3 is 5.97 Å². The van der Waals surface area contributed by atoms with Crippen LogP contribution < -0.4 is 5.32 Å². The summed E-state index contributed by atoms with van der Waals surface area (Å²) < 4.78 is 45.5. The summed E-state index contributed by atoms with van der Waals surface area (Å²) in [5.74, 6) is -1.24. The quantitative estimate of drug-likeness (QED) is 0.757. The van der Waals surface area contributed by atoms with Gasteiger partial charge in [0.25, 0.3) is 10.0 Å². The van der Waals surface area contributed by atoms with Crippen molar-refractivity contribution in [3.05, 3.63) is 46.9 Å². The molecule has 1 aliphatic heterocycles. The van der Waals surface area contributed by atoms with E-state index in [4.69, 9.17) is 0 Å². The van der Waals surface area contributed by atoms with Crippen molar-refractivity contribution >= 4 is 39.7 Å². The van der Waals surface area contributed by atoms with E-state index in [0.717, 1.165) is 11.3 Å². The number of halogens is 2. The van der Waals surface area contributed by atoms with Crippen LogP contribution in [0.15, 0.2) is 34.0 Å². The number of rotatable bonds is 4. The van der Waals surface area contributed by atoms with Crippen molar-refractivity contribution in [2.75, 3.05) is 26.7 Å². The minimum Gasteiger partial charge on any atom is -0.464 e. The Hall–Kier alpha value is -1.59. The molecule has 1 atom stereocenters. The summed E-state index contributed by atoms with van der Waals surface area (Å²) >= 11 is 0.858. The van der Waals surface area contributed by atoms with Crippen molar-refractivity contribution in [2.24, 2.45) is 0 Å². The lowest BCUT2D eigenvalue weighted by atomic mass is 10.1. The van der Waals surface area contributed by atoms with Gasteiger partial charge in [-0.2, -0.15) is 4.31 Å². The number of thiazole rings is 1. The molecule has 3 rings (SSSR count). The molecule has 7 nitrogen and oxygen atoms in total. The van der Waals surface area contributed by atoms with Gasteiger partial charge in [0, 0.05) is 19.6 Å². The van der Waals surface area contributed by atoms with Gasteiger partial charge in [-0.15, -0.1) is 23.7 Å². The Balaban J connectivity index is 0.00000243. The van der Waals surface area contributed by atoms with E-state index in [1.807, 2.05) is 0 Å². The van der Waals surface area contributed by atoms with E-state index in [1.165, 1.54) is 35.1 Å². The Bertz CT molecular complexity index is 891. The van der Waals surface area contributed by atoms with Crippen LogP contribution in [0.4, 0.5) is 4.39 Å². The largest absolute Gasteiger partial charge is 0.464 e. The van der Waals surface area contributed by atoms with Gasteiger partial charge < -0.3 is 10.1 Å². The molecule has 0 radical (unpaired) electrons. The fraction of sp³-hybridized carbons (Fsp3) is 0.333. The van der Waals surface area contributed by atoms with Crippen LogP contribution in [0.1, 0.15) is 22.1 Å². The topological polar surface area (TPSA) is 88.6 Å². The fourth-order valence-electron chi connectivity index (χ4n) is 2.73. The predicted molar refractivity (Wildman–Crippen MR) is 96.6 cm³/mol. The van der Waals surface area contributed by atoms with E-state index in [1.54, 1.807) is 6.07 Å². The van der Waals surface area contributed by atoms with Gasteiger partial charge in [0.05, 0.1) is 18.7 Å². The highest BCUT2D eigenvalue weighted by Gasteiger charge is 2.38. The van der Waals surface area contributed by atoms with Crippen molar-refractivity contribution in [3.8, 4) is 0 Å². The number of nitrogens with zero attached hydrogens (tertiary/aromatic N) is 2. The number of piperazine rings is 1. The first-order chi connectivity index (χ1) is 11.9. The third-order valence-corrected chi connectivity index (χ3v) is 7.14. The van der Waals surface area contributed by atoms with Crippen molar-refractivity contribution < 1.29 is 22.3 Å². The number of hydrogen-bond acceptors (Lipinski definition) is 7. The Morgan fingerprint density at radius 1 is 1.46 bits per heavy atom. The van der Waals surface area contributed by atoms with E-state index < -0.39 is 27.9 Å². The van der Waals surface area contributed by atoms with E-state index in [0.29, 0.717) is 18.7 Å². The second kappa shape index (κ2) is 8.40. The van der Waals surface area contributed by atoms with E-state index in [2.05, 4.69) is 15.0 Å². The molecule has 1 fully saturated rings. The van der Waals surface area contributed by atoms with Gasteiger partial charge in [0.2, 0.25) is 0 Å². The number of aromatic nitrogens is 1. The molecule has 1 aromatic heterocycles. The molecule has 2 heterocycles. The number of ether oxygens (including phenoxy) is 1. The maximum atomic E-state index is 13.6. The minimum absolute atomic E-state index is 0. The van der Waals surface area contributed by atoms with Gasteiger partial charge in [0.15, 0.2) is 9.90 Å². The monoisotopic (exact) mass is 421 g/mol. The number of nitrogens with one attached hydrogen (secondary N) is 1. The molecule has 1 unspecified atom stereocenters. The number of carbonyl (C=O) groups excluding carboxylic acids is 1. The van der Waals surface area contributed by atoms with Crippen LogP contribution in [0, 0.1) is 5.82 Å². The maximum Gasteiger partial charge on any atom is 0.358 e. The Labute approximate surface area is 160 Å². The highest BCUT2D eigenvalue weighted by atomic mass is 35.5. The second-order valence-electron chi connectivity index (χ2n) is 5.37. The molecule has 1 N–H and O–H groups in total. The van der Waals surface area contributed by atoms with E-state index >= 15 is 0 Å². The molecule has 0 aliphatic carbocycles. The first-order valence-electron chi connectivity index (χ1n) is 7.45. The molecule has 1 aliphatic rings. The van der Waals surface area contributed by atoms with Crippen LogP contribution in [0.3, 0.4) is 0 Å². The second-order valence-corrected chi connectivity index (χ2v) is 8.31. The Kier molecular flexibility index (Phi) is 6.69. The molecule has 0 spiro atoms. The standard InChI is InChI=1S/C15H16FN3O4S2.ClH/c1-23-14(20)13-15(24-9-18-13)25(21,22)19-6-5-17-8-12(19)10-3-2-4-11(16)7-10;/h2-4,7,9,12,17H,5-6,8H2,1H3;1H. The fourth-order valence-corrected chi connectivity index (χ4v) is 5.59. The molecule has 142 valence electrons. The molecule has 0 amide bonds. The number of methoxy groups -OCH3 is 1. The van der Waals surface area contributed by atoms with Crippen LogP contribution >= 0.6 is 23.7 Å². The van der Waals surface area contributed by atoms with Crippen molar-refractivity contribution in [1.29, 1.82) is 0 Å². The van der Waals surface area contributed by atoms with Gasteiger partial charge in [0.1, 0.15) is 5.82 Å². The summed E-state index contributed by atoms with van der Waals surface area (Å²) in [6.07, 6.45) is 0. The number of hydrogen-bond donors (Lipinski definition) is 1. The summed E-state index contributed by atoms with van der Waals surface area (Å²) in [6.45, 7) is 0.995. The summed E-state index contributed by atoms with van der Waals surface area (Å²) in [5.41, 5.74) is 1.60. The Morgan fingerprint density at radius 2 is 2.23 bits per heavy atom. The van der Waals surface area contributed by atoms with Crippen LogP contribution in [-0.2, 0) is 14.8 Å².